The van der Waals surface area contributed by atoms with Gasteiger partial charge in [-0.25, -0.2) is 0 Å². The minimum atomic E-state index is -4.60. The van der Waals surface area contributed by atoms with Crippen molar-refractivity contribution in [3.63, 3.8) is 0 Å². The quantitative estimate of drug-likeness (QED) is 0.471. The average Bonchev–Trinajstić information content (AvgIpc) is 3.04. The molecule has 0 aliphatic rings. The fraction of sp³-hybridized carbons (Fsp3) is 0.208. The molecule has 1 amide bonds. The second kappa shape index (κ2) is 8.23. The van der Waals surface area contributed by atoms with Crippen molar-refractivity contribution in [2.24, 2.45) is 0 Å². The van der Waals surface area contributed by atoms with Crippen molar-refractivity contribution >= 4 is 22.4 Å². The largest absolute Gasteiger partial charge is 0.418 e. The lowest BCUT2D eigenvalue weighted by atomic mass is 10.1. The molecular weight excluding hydrogens is 433 g/mol. The van der Waals surface area contributed by atoms with Gasteiger partial charge in [-0.05, 0) is 45.0 Å². The maximum atomic E-state index is 13.3. The molecule has 170 valence electrons. The second-order valence-electron chi connectivity index (χ2n) is 7.74. The molecule has 9 heteroatoms. The molecule has 0 fully saturated rings. The fourth-order valence-electron chi connectivity index (χ4n) is 4.11. The van der Waals surface area contributed by atoms with Gasteiger partial charge >= 0.3 is 6.18 Å². The Bertz CT molecular complexity index is 1410. The van der Waals surface area contributed by atoms with Gasteiger partial charge in [0.05, 0.1) is 28.5 Å². The normalized spacial score (nSPS) is 12.7. The summed E-state index contributed by atoms with van der Waals surface area (Å²) in [5.74, 6) is -0.630. The third-order valence-corrected chi connectivity index (χ3v) is 5.71. The third kappa shape index (κ3) is 3.90. The maximum absolute atomic E-state index is 13.3. The Morgan fingerprint density at radius 1 is 1.00 bits per heavy atom. The number of carbonyl (C=O) groups is 1. The third-order valence-electron chi connectivity index (χ3n) is 5.71. The van der Waals surface area contributed by atoms with Gasteiger partial charge in [-0.1, -0.05) is 30.3 Å². The monoisotopic (exact) mass is 454 g/mol. The number of benzene rings is 2. The zero-order valence-electron chi connectivity index (χ0n) is 18.1. The van der Waals surface area contributed by atoms with E-state index < -0.39 is 23.7 Å². The summed E-state index contributed by atoms with van der Waals surface area (Å²) in [5.41, 5.74) is 0.177. The van der Waals surface area contributed by atoms with Crippen LogP contribution in [0.5, 0.6) is 0 Å². The van der Waals surface area contributed by atoms with Crippen LogP contribution in [0, 0.1) is 13.8 Å². The minimum Gasteiger partial charge on any atom is -0.336 e. The van der Waals surface area contributed by atoms with E-state index in [1.807, 2.05) is 6.07 Å². The summed E-state index contributed by atoms with van der Waals surface area (Å²) in [4.78, 5) is 26.2. The fourth-order valence-corrected chi connectivity index (χ4v) is 4.11. The number of carbonyl (C=O) groups excluding carboxylic acids is 1. The van der Waals surface area contributed by atoms with Gasteiger partial charge in [-0.2, -0.15) is 23.0 Å². The minimum absolute atomic E-state index is 0.318. The lowest BCUT2D eigenvalue weighted by molar-refractivity contribution is -0.137. The number of anilines is 1. The molecule has 0 spiro atoms. The number of amides is 1. The Balaban J connectivity index is 1.75. The number of hydrogen-bond donors (Lipinski definition) is 1. The predicted molar refractivity (Wildman–Crippen MR) is 120 cm³/mol. The lowest BCUT2D eigenvalue weighted by Crippen LogP contribution is -2.26. The molecule has 33 heavy (non-hydrogen) atoms. The summed E-state index contributed by atoms with van der Waals surface area (Å²) in [6.07, 6.45) is -3.04. The van der Waals surface area contributed by atoms with Gasteiger partial charge in [-0.3, -0.25) is 9.59 Å². The van der Waals surface area contributed by atoms with E-state index in [-0.39, 0.29) is 11.2 Å². The highest BCUT2D eigenvalue weighted by molar-refractivity contribution is 5.96. The van der Waals surface area contributed by atoms with E-state index in [1.54, 1.807) is 55.8 Å². The average molecular weight is 454 g/mol. The van der Waals surface area contributed by atoms with Gasteiger partial charge in [0, 0.05) is 16.8 Å². The van der Waals surface area contributed by atoms with E-state index in [0.29, 0.717) is 27.8 Å². The summed E-state index contributed by atoms with van der Waals surface area (Å²) >= 11 is 0. The highest BCUT2D eigenvalue weighted by Crippen LogP contribution is 2.35. The molecule has 0 aliphatic heterocycles. The predicted octanol–water partition coefficient (Wildman–Crippen LogP) is 5.02. The molecule has 6 nitrogen and oxygen atoms in total. The number of halogens is 3. The number of para-hydroxylation sites is 2. The molecule has 2 aromatic heterocycles. The lowest BCUT2D eigenvalue weighted by Gasteiger charge is -2.20. The zero-order chi connectivity index (χ0) is 23.9. The number of nitrogens with zero attached hydrogens (tertiary/aromatic N) is 3. The number of nitrogens with one attached hydrogen (secondary N) is 1. The molecule has 4 aromatic rings. The van der Waals surface area contributed by atoms with E-state index in [9.17, 15) is 22.8 Å². The van der Waals surface area contributed by atoms with Crippen LogP contribution in [0.25, 0.3) is 16.5 Å². The van der Waals surface area contributed by atoms with Gasteiger partial charge in [0.25, 0.3) is 5.56 Å². The molecule has 0 saturated heterocycles. The van der Waals surface area contributed by atoms with E-state index in [2.05, 4.69) is 10.4 Å². The highest BCUT2D eigenvalue weighted by atomic mass is 19.4. The van der Waals surface area contributed by atoms with Crippen molar-refractivity contribution in [2.75, 3.05) is 5.32 Å². The van der Waals surface area contributed by atoms with Crippen molar-refractivity contribution in [3.8, 4) is 5.69 Å². The summed E-state index contributed by atoms with van der Waals surface area (Å²) in [6, 6.07) is 12.9. The number of aromatic nitrogens is 3. The zero-order valence-corrected chi connectivity index (χ0v) is 18.1. The Morgan fingerprint density at radius 2 is 1.64 bits per heavy atom. The molecule has 0 aliphatic carbocycles. The molecule has 1 N–H and O–H groups in total. The molecular formula is C24H21F3N4O2. The van der Waals surface area contributed by atoms with Crippen LogP contribution in [0.4, 0.5) is 18.9 Å². The van der Waals surface area contributed by atoms with Crippen LogP contribution in [-0.4, -0.2) is 20.3 Å². The topological polar surface area (TPSA) is 68.9 Å². The van der Waals surface area contributed by atoms with Crippen molar-refractivity contribution in [3.05, 3.63) is 88.1 Å². The van der Waals surface area contributed by atoms with Gasteiger partial charge < -0.3 is 9.88 Å². The SMILES string of the molecule is Cc1c2cnn(-c3ccccc3)c(=O)c2c(C)n1[C@H](C)C(=O)Nc1ccccc1C(F)(F)F. The number of rotatable bonds is 4. The number of hydrogen-bond acceptors (Lipinski definition) is 3. The first-order valence-corrected chi connectivity index (χ1v) is 10.2. The van der Waals surface area contributed by atoms with Gasteiger partial charge in [0.15, 0.2) is 0 Å². The van der Waals surface area contributed by atoms with Crippen molar-refractivity contribution in [1.82, 2.24) is 14.3 Å². The summed E-state index contributed by atoms with van der Waals surface area (Å²) < 4.78 is 42.9. The molecule has 0 unspecified atom stereocenters. The first-order valence-electron chi connectivity index (χ1n) is 10.2. The molecule has 0 radical (unpaired) electrons. The van der Waals surface area contributed by atoms with Crippen LogP contribution < -0.4 is 10.9 Å². The summed E-state index contributed by atoms with van der Waals surface area (Å²) in [7, 11) is 0. The van der Waals surface area contributed by atoms with E-state index in [4.69, 9.17) is 0 Å². The Morgan fingerprint density at radius 3 is 2.30 bits per heavy atom. The van der Waals surface area contributed by atoms with Gasteiger partial charge in [0.2, 0.25) is 5.91 Å². The van der Waals surface area contributed by atoms with E-state index in [0.717, 1.165) is 6.07 Å². The highest BCUT2D eigenvalue weighted by Gasteiger charge is 2.34. The molecule has 2 aromatic carbocycles. The van der Waals surface area contributed by atoms with E-state index in [1.165, 1.54) is 22.9 Å². The molecule has 0 saturated carbocycles. The summed E-state index contributed by atoms with van der Waals surface area (Å²) in [6.45, 7) is 5.03. The smallest absolute Gasteiger partial charge is 0.336 e. The van der Waals surface area contributed by atoms with Crippen LogP contribution in [0.3, 0.4) is 0 Å². The molecule has 1 atom stereocenters. The van der Waals surface area contributed by atoms with Crippen molar-refractivity contribution < 1.29 is 18.0 Å². The number of fused-ring (bicyclic) bond motifs is 1. The number of aryl methyl sites for hydroxylation is 2. The molecule has 2 heterocycles. The molecule has 4 rings (SSSR count). The summed E-state index contributed by atoms with van der Waals surface area (Å²) in [5, 5.41) is 7.64. The maximum Gasteiger partial charge on any atom is 0.418 e. The van der Waals surface area contributed by atoms with Crippen molar-refractivity contribution in [2.45, 2.75) is 33.0 Å². The Kier molecular flexibility index (Phi) is 5.57. The standard InChI is InChI=1S/C24H21F3N4O2/c1-14-18-13-28-31(17-9-5-4-6-10-17)23(33)21(18)15(2)30(14)16(3)22(32)29-20-12-8-7-11-19(20)24(25,26)27/h4-13,16H,1-3H3,(H,29,32)/t16-/m1/s1. The second-order valence-corrected chi connectivity index (χ2v) is 7.74. The first kappa shape index (κ1) is 22.3. The Hall–Kier alpha value is -3.88. The van der Waals surface area contributed by atoms with Crippen LogP contribution in [0.1, 0.15) is 29.9 Å². The van der Waals surface area contributed by atoms with E-state index >= 15 is 0 Å². The van der Waals surface area contributed by atoms with Crippen LogP contribution in [-0.2, 0) is 11.0 Å². The van der Waals surface area contributed by atoms with Crippen molar-refractivity contribution in [1.29, 1.82) is 0 Å². The van der Waals surface area contributed by atoms with Crippen LogP contribution in [0.15, 0.2) is 65.6 Å². The number of alkyl halides is 3. The Labute approximate surface area is 187 Å². The van der Waals surface area contributed by atoms with Crippen LogP contribution in [0.2, 0.25) is 0 Å². The van der Waals surface area contributed by atoms with Crippen LogP contribution >= 0.6 is 0 Å². The molecule has 0 bridgehead atoms. The van der Waals surface area contributed by atoms with Gasteiger partial charge in [0.1, 0.15) is 6.04 Å². The first-order chi connectivity index (χ1) is 15.6. The van der Waals surface area contributed by atoms with Gasteiger partial charge in [-0.15, -0.1) is 0 Å².